The summed E-state index contributed by atoms with van der Waals surface area (Å²) < 4.78 is 9.08. The van der Waals surface area contributed by atoms with E-state index in [1.807, 2.05) is 0 Å². The number of nitrogens with zero attached hydrogens (tertiary/aromatic N) is 1. The normalized spacial score (nSPS) is 10.6. The maximum absolute atomic E-state index is 11.9. The van der Waals surface area contributed by atoms with Crippen molar-refractivity contribution in [3.05, 3.63) is 30.5 Å². The number of ether oxygens (including phenoxy) is 2. The van der Waals surface area contributed by atoms with Gasteiger partial charge >= 0.3 is 11.9 Å². The van der Waals surface area contributed by atoms with Crippen molar-refractivity contribution in [3.63, 3.8) is 0 Å². The molecule has 0 aliphatic heterocycles. The van der Waals surface area contributed by atoms with Gasteiger partial charge in [0.15, 0.2) is 0 Å². The van der Waals surface area contributed by atoms with Gasteiger partial charge < -0.3 is 19.3 Å². The molecule has 0 spiro atoms. The summed E-state index contributed by atoms with van der Waals surface area (Å²) in [5, 5.41) is 11.9. The van der Waals surface area contributed by atoms with Gasteiger partial charge in [0.25, 0.3) is 0 Å². The van der Waals surface area contributed by atoms with Crippen molar-refractivity contribution in [3.8, 4) is 0 Å². The third kappa shape index (κ3) is 9.99. The van der Waals surface area contributed by atoms with Gasteiger partial charge in [-0.1, -0.05) is 13.2 Å². The van der Waals surface area contributed by atoms with Crippen LogP contribution < -0.4 is 0 Å². The van der Waals surface area contributed by atoms with Gasteiger partial charge in [-0.05, 0) is 0 Å². The molecule has 0 heterocycles. The van der Waals surface area contributed by atoms with Crippen molar-refractivity contribution in [2.24, 2.45) is 0 Å². The average Bonchev–Trinajstić information content (AvgIpc) is 2.39. The molecular formula is C13H21NO5. The van der Waals surface area contributed by atoms with Crippen LogP contribution in [-0.4, -0.2) is 49.9 Å². The predicted molar refractivity (Wildman–Crippen MR) is 70.8 cm³/mol. The highest BCUT2D eigenvalue weighted by atomic mass is 16.5. The third-order valence-corrected chi connectivity index (χ3v) is 2.37. The highest BCUT2D eigenvalue weighted by molar-refractivity contribution is 5.81. The first-order valence-electron chi connectivity index (χ1n) is 6.05. The second kappa shape index (κ2) is 9.29. The molecular weight excluding hydrogens is 250 g/mol. The Bertz CT molecular complexity index is 295. The highest BCUT2D eigenvalue weighted by Crippen LogP contribution is 2.04. The van der Waals surface area contributed by atoms with E-state index in [9.17, 15) is 14.8 Å². The Morgan fingerprint density at radius 1 is 1.05 bits per heavy atom. The largest absolute Gasteiger partial charge is 0.633 e. The molecule has 19 heavy (non-hydrogen) atoms. The molecule has 0 saturated heterocycles. The van der Waals surface area contributed by atoms with Gasteiger partial charge in [0.2, 0.25) is 0 Å². The number of esters is 2. The Morgan fingerprint density at radius 2 is 1.42 bits per heavy atom. The van der Waals surface area contributed by atoms with Gasteiger partial charge in [0.05, 0.1) is 33.4 Å². The van der Waals surface area contributed by atoms with Crippen molar-refractivity contribution < 1.29 is 23.7 Å². The van der Waals surface area contributed by atoms with E-state index in [1.165, 1.54) is 7.05 Å². The molecule has 0 aliphatic carbocycles. The van der Waals surface area contributed by atoms with E-state index >= 15 is 0 Å². The number of carbonyl (C=O) groups is 2. The van der Waals surface area contributed by atoms with Gasteiger partial charge in [-0.2, -0.15) is 0 Å². The first-order valence-corrected chi connectivity index (χ1v) is 6.05. The van der Waals surface area contributed by atoms with Gasteiger partial charge in [0, 0.05) is 25.0 Å². The standard InChI is InChI=1S/C13H21NO5/c1-4-12(15)18-10-6-8-14(3,17)9-7-11-19-13(16)5-2/h4-5H,1-2,6-11H2,3H3. The van der Waals surface area contributed by atoms with E-state index in [1.54, 1.807) is 0 Å². The molecule has 0 unspecified atom stereocenters. The maximum Gasteiger partial charge on any atom is 0.330 e. The molecule has 0 aromatic rings. The zero-order valence-electron chi connectivity index (χ0n) is 11.3. The minimum atomic E-state index is -0.489. The molecule has 0 N–H and O–H groups in total. The molecule has 6 heteroatoms. The van der Waals surface area contributed by atoms with Gasteiger partial charge in [-0.25, -0.2) is 9.59 Å². The molecule has 108 valence electrons. The Balaban J connectivity index is 3.67. The van der Waals surface area contributed by atoms with Crippen LogP contribution in [0.25, 0.3) is 0 Å². The zero-order chi connectivity index (χ0) is 14.7. The summed E-state index contributed by atoms with van der Waals surface area (Å²) in [5.41, 5.74) is 0. The fourth-order valence-electron chi connectivity index (χ4n) is 1.37. The molecule has 0 aromatic heterocycles. The topological polar surface area (TPSA) is 75.7 Å². The third-order valence-electron chi connectivity index (χ3n) is 2.37. The van der Waals surface area contributed by atoms with Crippen LogP contribution in [0.3, 0.4) is 0 Å². The van der Waals surface area contributed by atoms with Gasteiger partial charge in [-0.15, -0.1) is 0 Å². The minimum absolute atomic E-state index is 0.201. The number of hydroxylamine groups is 3. The smallest absolute Gasteiger partial charge is 0.330 e. The van der Waals surface area contributed by atoms with Gasteiger partial charge in [-0.3, -0.25) is 0 Å². The van der Waals surface area contributed by atoms with E-state index in [-0.39, 0.29) is 13.2 Å². The average molecular weight is 271 g/mol. The van der Waals surface area contributed by atoms with E-state index in [2.05, 4.69) is 13.2 Å². The summed E-state index contributed by atoms with van der Waals surface area (Å²) in [5.74, 6) is -0.979. The Morgan fingerprint density at radius 3 is 1.74 bits per heavy atom. The summed E-state index contributed by atoms with van der Waals surface area (Å²) in [4.78, 5) is 21.5. The lowest BCUT2D eigenvalue weighted by atomic mass is 10.3. The van der Waals surface area contributed by atoms with Crippen LogP contribution in [0.2, 0.25) is 0 Å². The van der Waals surface area contributed by atoms with Crippen LogP contribution in [0.4, 0.5) is 0 Å². The second-order valence-corrected chi connectivity index (χ2v) is 4.19. The predicted octanol–water partition coefficient (Wildman–Crippen LogP) is 1.17. The maximum atomic E-state index is 11.9. The van der Waals surface area contributed by atoms with E-state index in [0.29, 0.717) is 25.9 Å². The van der Waals surface area contributed by atoms with Crippen LogP contribution >= 0.6 is 0 Å². The van der Waals surface area contributed by atoms with Crippen LogP contribution in [0.15, 0.2) is 25.3 Å². The van der Waals surface area contributed by atoms with Crippen LogP contribution in [-0.2, 0) is 19.1 Å². The van der Waals surface area contributed by atoms with Crippen molar-refractivity contribution >= 4 is 11.9 Å². The quantitative estimate of drug-likeness (QED) is 0.196. The molecule has 0 fully saturated rings. The molecule has 6 nitrogen and oxygen atoms in total. The van der Waals surface area contributed by atoms with Crippen molar-refractivity contribution in [2.75, 3.05) is 33.4 Å². The summed E-state index contributed by atoms with van der Waals surface area (Å²) in [7, 11) is 1.53. The molecule has 0 rings (SSSR count). The molecule has 0 aromatic carbocycles. The fraction of sp³-hybridized carbons (Fsp3) is 0.538. The number of carbonyl (C=O) groups excluding carboxylic acids is 2. The lowest BCUT2D eigenvalue weighted by Crippen LogP contribution is -2.40. The Hall–Kier alpha value is -1.66. The monoisotopic (exact) mass is 271 g/mol. The number of rotatable bonds is 10. The summed E-state index contributed by atoms with van der Waals surface area (Å²) in [6.45, 7) is 7.61. The Labute approximate surface area is 113 Å². The second-order valence-electron chi connectivity index (χ2n) is 4.19. The number of hydrogen-bond donors (Lipinski definition) is 0. The first-order chi connectivity index (χ1) is 8.91. The van der Waals surface area contributed by atoms with Crippen molar-refractivity contribution in [1.82, 2.24) is 0 Å². The van der Waals surface area contributed by atoms with Crippen LogP contribution in [0.5, 0.6) is 0 Å². The lowest BCUT2D eigenvalue weighted by Gasteiger charge is -2.38. The molecule has 0 aliphatic rings. The minimum Gasteiger partial charge on any atom is -0.633 e. The lowest BCUT2D eigenvalue weighted by molar-refractivity contribution is -0.861. The first kappa shape index (κ1) is 17.3. The number of hydrogen-bond acceptors (Lipinski definition) is 5. The molecule has 0 saturated carbocycles. The van der Waals surface area contributed by atoms with E-state index < -0.39 is 16.6 Å². The molecule has 0 bridgehead atoms. The summed E-state index contributed by atoms with van der Waals surface area (Å²) in [6.07, 6.45) is 3.12. The van der Waals surface area contributed by atoms with Crippen LogP contribution in [0, 0.1) is 5.21 Å². The number of quaternary nitrogens is 1. The Kier molecular flexibility index (Phi) is 8.48. The van der Waals surface area contributed by atoms with Crippen molar-refractivity contribution in [2.45, 2.75) is 12.8 Å². The SMILES string of the molecule is C=CC(=O)OCCC[N+](C)([O-])CCCOC(=O)C=C. The van der Waals surface area contributed by atoms with Gasteiger partial charge in [0.1, 0.15) is 0 Å². The zero-order valence-corrected chi connectivity index (χ0v) is 11.3. The van der Waals surface area contributed by atoms with Crippen molar-refractivity contribution in [1.29, 1.82) is 0 Å². The molecule has 0 atom stereocenters. The summed E-state index contributed by atoms with van der Waals surface area (Å²) >= 11 is 0. The molecule has 0 radical (unpaired) electrons. The summed E-state index contributed by atoms with van der Waals surface area (Å²) in [6, 6.07) is 0. The van der Waals surface area contributed by atoms with E-state index in [4.69, 9.17) is 9.47 Å². The van der Waals surface area contributed by atoms with Crippen LogP contribution in [0.1, 0.15) is 12.8 Å². The van der Waals surface area contributed by atoms with E-state index in [0.717, 1.165) is 12.2 Å². The molecule has 0 amide bonds. The highest BCUT2D eigenvalue weighted by Gasteiger charge is 2.10. The fourth-order valence-corrected chi connectivity index (χ4v) is 1.37.